The van der Waals surface area contributed by atoms with E-state index in [1.165, 1.54) is 0 Å². The summed E-state index contributed by atoms with van der Waals surface area (Å²) >= 11 is 0. The van der Waals surface area contributed by atoms with Crippen LogP contribution in [0.15, 0.2) is 36.4 Å². The van der Waals surface area contributed by atoms with Gasteiger partial charge < -0.3 is 0 Å². The van der Waals surface area contributed by atoms with E-state index in [0.717, 1.165) is 39.1 Å². The molecule has 0 radical (unpaired) electrons. The van der Waals surface area contributed by atoms with Crippen molar-refractivity contribution < 1.29 is 4.11 Å². The van der Waals surface area contributed by atoms with E-state index in [9.17, 15) is 0 Å². The van der Waals surface area contributed by atoms with Gasteiger partial charge in [0.05, 0.1) is 5.71 Å². The molecule has 3 heteroatoms. The van der Waals surface area contributed by atoms with Crippen LogP contribution in [0, 0.1) is 20.8 Å². The lowest BCUT2D eigenvalue weighted by molar-refractivity contribution is 0.528. The molecule has 1 aliphatic heterocycles. The van der Waals surface area contributed by atoms with Crippen LogP contribution in [0.2, 0.25) is 0 Å². The van der Waals surface area contributed by atoms with Gasteiger partial charge in [-0.25, -0.2) is 4.57 Å². The Morgan fingerprint density at radius 1 is 1.04 bits per heavy atom. The summed E-state index contributed by atoms with van der Waals surface area (Å²) in [6, 6.07) is 12.1. The van der Waals surface area contributed by atoms with Crippen LogP contribution in [0.1, 0.15) is 41.5 Å². The number of nitrogens with zero attached hydrogens (tertiary/aromatic N) is 3. The van der Waals surface area contributed by atoms with Gasteiger partial charge in [0.25, 0.3) is 0 Å². The Morgan fingerprint density at radius 3 is 2.46 bits per heavy atom. The molecule has 3 nitrogen and oxygen atoms in total. The fourth-order valence-corrected chi connectivity index (χ4v) is 3.54. The van der Waals surface area contributed by atoms with Crippen LogP contribution in [0.4, 0.5) is 11.6 Å². The largest absolute Gasteiger partial charge is 0.405 e. The van der Waals surface area contributed by atoms with E-state index in [4.69, 9.17) is 9.10 Å². The van der Waals surface area contributed by atoms with Gasteiger partial charge in [-0.05, 0) is 76.4 Å². The number of hydrogen-bond donors (Lipinski definition) is 0. The molecule has 4 rings (SSSR count). The topological polar surface area (TPSA) is 20.8 Å². The maximum atomic E-state index is 8.34. The van der Waals surface area contributed by atoms with E-state index < -0.39 is 12.4 Å². The summed E-state index contributed by atoms with van der Waals surface area (Å²) in [5.41, 5.74) is 5.62. The maximum absolute atomic E-state index is 8.34. The van der Waals surface area contributed by atoms with Gasteiger partial charge >= 0.3 is 5.95 Å². The molecule has 0 amide bonds. The highest BCUT2D eigenvalue weighted by molar-refractivity contribution is 6.00. The quantitative estimate of drug-likeness (QED) is 0.577. The molecule has 24 heavy (non-hydrogen) atoms. The van der Waals surface area contributed by atoms with Crippen LogP contribution in [0.5, 0.6) is 0 Å². The van der Waals surface area contributed by atoms with E-state index in [0.29, 0.717) is 5.95 Å². The lowest BCUT2D eigenvalue weighted by Gasteiger charge is -2.17. The second-order valence-electron chi connectivity index (χ2n) is 6.95. The Kier molecular flexibility index (Phi) is 2.40. The van der Waals surface area contributed by atoms with Crippen molar-refractivity contribution in [1.29, 1.82) is 0 Å². The zero-order valence-electron chi connectivity index (χ0n) is 17.8. The molecule has 122 valence electrons. The zero-order chi connectivity index (χ0) is 19.7. The predicted molar refractivity (Wildman–Crippen MR) is 102 cm³/mol. The fraction of sp³-hybridized carbons (Fsp3) is 0.333. The van der Waals surface area contributed by atoms with Crippen molar-refractivity contribution in [1.82, 2.24) is 14.1 Å². The highest BCUT2D eigenvalue weighted by Crippen LogP contribution is 2.39. The van der Waals surface area contributed by atoms with Crippen LogP contribution < -0.4 is 4.58 Å². The van der Waals surface area contributed by atoms with Gasteiger partial charge in [0, 0.05) is 4.11 Å². The number of aryl methyl sites for hydroxylation is 3. The smallest absolute Gasteiger partial charge is 0.213 e. The van der Waals surface area contributed by atoms with Crippen LogP contribution in [0.25, 0.3) is 11.0 Å². The van der Waals surface area contributed by atoms with E-state index in [2.05, 4.69) is 13.0 Å². The van der Waals surface area contributed by atoms with Gasteiger partial charge in [-0.1, -0.05) is 23.2 Å². The third-order valence-corrected chi connectivity index (χ3v) is 5.30. The number of benzene rings is 2. The molecule has 0 spiro atoms. The Hall–Kier alpha value is -2.42. The van der Waals surface area contributed by atoms with Gasteiger partial charge in [0.2, 0.25) is 0 Å². The minimum Gasteiger partial charge on any atom is -0.213 e. The lowest BCUT2D eigenvalue weighted by Crippen LogP contribution is -2.31. The standard InChI is InChI=1S/C21H24N3/c1-13-9-7-8-10-18(13)23-16(4)21(5,6)24-19-12-15(3)14(2)11-17(19)22-20(23)24/h7-12H,1-6H3/q+1/i5D3. The molecule has 0 saturated heterocycles. The van der Waals surface area contributed by atoms with Gasteiger partial charge in [0.1, 0.15) is 16.7 Å². The van der Waals surface area contributed by atoms with Crippen molar-refractivity contribution in [2.45, 2.75) is 47.0 Å². The van der Waals surface area contributed by atoms with Gasteiger partial charge in [-0.15, -0.1) is 0 Å². The highest BCUT2D eigenvalue weighted by Gasteiger charge is 2.45. The third kappa shape index (κ3) is 1.84. The second kappa shape index (κ2) is 4.79. The van der Waals surface area contributed by atoms with E-state index >= 15 is 0 Å². The number of imidazole rings is 1. The molecule has 1 aliphatic rings. The fourth-order valence-electron chi connectivity index (χ4n) is 3.54. The van der Waals surface area contributed by atoms with Crippen molar-refractivity contribution in [3.05, 3.63) is 53.1 Å². The molecule has 0 fully saturated rings. The Bertz CT molecular complexity index is 1120. The monoisotopic (exact) mass is 321 g/mol. The van der Waals surface area contributed by atoms with Crippen molar-refractivity contribution >= 4 is 28.4 Å². The molecule has 1 unspecified atom stereocenters. The molecule has 1 aromatic heterocycles. The molecule has 0 N–H and O–H groups in total. The third-order valence-electron chi connectivity index (χ3n) is 5.30. The van der Waals surface area contributed by atoms with Crippen molar-refractivity contribution in [3.63, 3.8) is 0 Å². The first kappa shape index (κ1) is 12.0. The maximum Gasteiger partial charge on any atom is 0.405 e. The summed E-state index contributed by atoms with van der Waals surface area (Å²) in [6.07, 6.45) is 0. The summed E-state index contributed by atoms with van der Waals surface area (Å²) in [4.78, 5) is 4.87. The predicted octanol–water partition coefficient (Wildman–Crippen LogP) is 5.01. The molecule has 1 atom stereocenters. The van der Waals surface area contributed by atoms with Crippen molar-refractivity contribution in [2.75, 3.05) is 0 Å². The van der Waals surface area contributed by atoms with Crippen molar-refractivity contribution in [2.24, 2.45) is 0 Å². The SMILES string of the molecule is [2H]C([2H])([2H])C1(C)C(C)=[N+](c2ccccc2C)c2nc3cc(C)c(C)cc3n21. The normalized spacial score (nSPS) is 22.5. The molecular weight excluding hydrogens is 294 g/mol. The minimum atomic E-state index is -2.21. The Morgan fingerprint density at radius 2 is 1.75 bits per heavy atom. The summed E-state index contributed by atoms with van der Waals surface area (Å²) in [6.45, 7) is 7.63. The minimum absolute atomic E-state index is 0.667. The van der Waals surface area contributed by atoms with Crippen molar-refractivity contribution in [3.8, 4) is 0 Å². The van der Waals surface area contributed by atoms with Gasteiger partial charge in [0.15, 0.2) is 5.52 Å². The molecule has 0 saturated carbocycles. The number of aromatic nitrogens is 2. The van der Waals surface area contributed by atoms with Crippen LogP contribution >= 0.6 is 0 Å². The molecule has 0 aliphatic carbocycles. The molecular formula is C21H24N3+. The van der Waals surface area contributed by atoms with E-state index in [1.807, 2.05) is 60.2 Å². The summed E-state index contributed by atoms with van der Waals surface area (Å²) in [5.74, 6) is 0.667. The average molecular weight is 321 g/mol. The zero-order valence-corrected chi connectivity index (χ0v) is 14.8. The number of rotatable bonds is 1. The molecule has 2 heterocycles. The van der Waals surface area contributed by atoms with Crippen LogP contribution in [0.3, 0.4) is 0 Å². The van der Waals surface area contributed by atoms with E-state index in [1.54, 1.807) is 6.92 Å². The van der Waals surface area contributed by atoms with Gasteiger partial charge in [-0.2, -0.15) is 4.58 Å². The molecule has 0 bridgehead atoms. The highest BCUT2D eigenvalue weighted by atomic mass is 15.3. The second-order valence-corrected chi connectivity index (χ2v) is 6.95. The Balaban J connectivity index is 2.16. The number of hydrogen-bond acceptors (Lipinski definition) is 1. The lowest BCUT2D eigenvalue weighted by atomic mass is 9.99. The van der Waals surface area contributed by atoms with E-state index in [-0.39, 0.29) is 0 Å². The first-order valence-electron chi connectivity index (χ1n) is 9.77. The average Bonchev–Trinajstić information content (AvgIpc) is 3.03. The summed E-state index contributed by atoms with van der Waals surface area (Å²) < 4.78 is 28.9. The number of para-hydroxylation sites is 1. The summed E-state index contributed by atoms with van der Waals surface area (Å²) in [5, 5.41) is 0. The molecule has 3 aromatic rings. The first-order valence-corrected chi connectivity index (χ1v) is 8.27. The van der Waals surface area contributed by atoms with Crippen LogP contribution in [-0.4, -0.2) is 15.3 Å². The van der Waals surface area contributed by atoms with Crippen LogP contribution in [-0.2, 0) is 5.54 Å². The first-order chi connectivity index (χ1) is 12.6. The summed E-state index contributed by atoms with van der Waals surface area (Å²) in [7, 11) is 0. The number of fused-ring (bicyclic) bond motifs is 3. The molecule has 2 aromatic carbocycles. The van der Waals surface area contributed by atoms with Gasteiger partial charge in [-0.3, -0.25) is 0 Å². The Labute approximate surface area is 147 Å².